The first-order valence-corrected chi connectivity index (χ1v) is 9.61. The van der Waals surface area contributed by atoms with Gasteiger partial charge in [0.1, 0.15) is 0 Å². The van der Waals surface area contributed by atoms with Gasteiger partial charge >= 0.3 is 2.43 Å². The van der Waals surface area contributed by atoms with Gasteiger partial charge in [0.15, 0.2) is 0 Å². The lowest BCUT2D eigenvalue weighted by Gasteiger charge is -2.08. The van der Waals surface area contributed by atoms with Crippen molar-refractivity contribution in [1.82, 2.24) is 4.57 Å². The quantitative estimate of drug-likeness (QED) is 0.255. The smallest absolute Gasteiger partial charge is 0.309 e. The van der Waals surface area contributed by atoms with Gasteiger partial charge in [-0.2, -0.15) is 0 Å². The number of fused-ring (bicyclic) bond motifs is 3. The minimum Gasteiger partial charge on any atom is -0.309 e. The fourth-order valence-corrected chi connectivity index (χ4v) is 3.75. The molecule has 0 fully saturated rings. The standard InChI is InChI=1S/C18H12BI2N/c20-19(21)13-10-11-16-15-8-4-5-9-17(15)22(18(16)12-13)14-6-2-1-3-7-14/h1-12H. The minimum absolute atomic E-state index is 0.474. The van der Waals surface area contributed by atoms with Crippen molar-refractivity contribution in [2.75, 3.05) is 0 Å². The van der Waals surface area contributed by atoms with E-state index in [1.54, 1.807) is 0 Å². The Morgan fingerprint density at radius 2 is 1.36 bits per heavy atom. The summed E-state index contributed by atoms with van der Waals surface area (Å²) in [5.41, 5.74) is 5.11. The van der Waals surface area contributed by atoms with E-state index < -0.39 is 0 Å². The van der Waals surface area contributed by atoms with Crippen LogP contribution in [0.2, 0.25) is 0 Å². The van der Waals surface area contributed by atoms with E-state index in [1.165, 1.54) is 33.0 Å². The molecule has 0 amide bonds. The van der Waals surface area contributed by atoms with E-state index in [2.05, 4.69) is 122 Å². The molecular weight excluding hydrogens is 495 g/mol. The van der Waals surface area contributed by atoms with E-state index >= 15 is 0 Å². The highest BCUT2D eigenvalue weighted by molar-refractivity contribution is 14.3. The van der Waals surface area contributed by atoms with E-state index in [4.69, 9.17) is 0 Å². The van der Waals surface area contributed by atoms with Crippen LogP contribution in [0.4, 0.5) is 0 Å². The molecule has 0 unspecified atom stereocenters. The molecule has 0 atom stereocenters. The molecule has 4 aromatic rings. The summed E-state index contributed by atoms with van der Waals surface area (Å²) in [5.74, 6) is 0. The van der Waals surface area contributed by atoms with Gasteiger partial charge in [0, 0.05) is 16.5 Å². The third kappa shape index (κ3) is 2.36. The molecule has 0 bridgehead atoms. The minimum atomic E-state index is 0.474. The highest BCUT2D eigenvalue weighted by Gasteiger charge is 2.14. The lowest BCUT2D eigenvalue weighted by molar-refractivity contribution is 1.18. The zero-order valence-electron chi connectivity index (χ0n) is 11.7. The van der Waals surface area contributed by atoms with Crippen LogP contribution in [0.3, 0.4) is 0 Å². The van der Waals surface area contributed by atoms with Crippen molar-refractivity contribution in [3.63, 3.8) is 0 Å². The van der Waals surface area contributed by atoms with Gasteiger partial charge in [-0.25, -0.2) is 0 Å². The predicted molar refractivity (Wildman–Crippen MR) is 114 cm³/mol. The van der Waals surface area contributed by atoms with Crippen LogP contribution in [0, 0.1) is 0 Å². The van der Waals surface area contributed by atoms with Crippen LogP contribution >= 0.6 is 44.7 Å². The number of halogens is 2. The summed E-state index contributed by atoms with van der Waals surface area (Å²) in [6.07, 6.45) is 0. The molecular formula is C18H12BI2N. The molecule has 0 aliphatic carbocycles. The summed E-state index contributed by atoms with van der Waals surface area (Å²) < 4.78 is 2.84. The van der Waals surface area contributed by atoms with E-state index in [-0.39, 0.29) is 0 Å². The second kappa shape index (κ2) is 5.89. The lowest BCUT2D eigenvalue weighted by Crippen LogP contribution is -2.16. The Balaban J connectivity index is 2.16. The number of aromatic nitrogens is 1. The van der Waals surface area contributed by atoms with Crippen LogP contribution < -0.4 is 5.46 Å². The Kier molecular flexibility index (Phi) is 3.90. The Labute approximate surface area is 156 Å². The van der Waals surface area contributed by atoms with Gasteiger partial charge in [0.05, 0.1) is 11.0 Å². The molecule has 0 N–H and O–H groups in total. The molecule has 0 aliphatic rings. The molecule has 4 heteroatoms. The first-order chi connectivity index (χ1) is 10.8. The van der Waals surface area contributed by atoms with Crippen molar-refractivity contribution >= 4 is 74.4 Å². The van der Waals surface area contributed by atoms with Gasteiger partial charge in [-0.3, -0.25) is 0 Å². The van der Waals surface area contributed by atoms with Crippen LogP contribution in [-0.2, 0) is 0 Å². The van der Waals surface area contributed by atoms with Crippen LogP contribution in [0.15, 0.2) is 72.8 Å². The summed E-state index contributed by atoms with van der Waals surface area (Å²) in [4.78, 5) is 0. The van der Waals surface area contributed by atoms with E-state index in [0.29, 0.717) is 2.43 Å². The van der Waals surface area contributed by atoms with E-state index in [1.807, 2.05) is 0 Å². The summed E-state index contributed by atoms with van der Waals surface area (Å²) in [6, 6.07) is 26.1. The van der Waals surface area contributed by atoms with Crippen molar-refractivity contribution in [3.8, 4) is 5.69 Å². The first-order valence-electron chi connectivity index (χ1n) is 7.12. The monoisotopic (exact) mass is 507 g/mol. The van der Waals surface area contributed by atoms with Crippen LogP contribution in [-0.4, -0.2) is 6.99 Å². The number of hydrogen-bond donors (Lipinski definition) is 0. The average molecular weight is 507 g/mol. The molecule has 0 spiro atoms. The zero-order valence-corrected chi connectivity index (χ0v) is 16.0. The highest BCUT2D eigenvalue weighted by Crippen LogP contribution is 2.31. The normalized spacial score (nSPS) is 11.2. The molecule has 1 nitrogen and oxygen atoms in total. The lowest BCUT2D eigenvalue weighted by atomic mass is 9.94. The van der Waals surface area contributed by atoms with Crippen molar-refractivity contribution in [2.45, 2.75) is 0 Å². The molecule has 4 rings (SSSR count). The Bertz CT molecular complexity index is 961. The predicted octanol–water partition coefficient (Wildman–Crippen LogP) is 5.35. The maximum absolute atomic E-state index is 2.46. The maximum atomic E-state index is 2.46. The number of hydrogen-bond acceptors (Lipinski definition) is 0. The Morgan fingerprint density at radius 3 is 2.14 bits per heavy atom. The van der Waals surface area contributed by atoms with Crippen molar-refractivity contribution in [1.29, 1.82) is 0 Å². The number of para-hydroxylation sites is 2. The fourth-order valence-electron chi connectivity index (χ4n) is 2.98. The summed E-state index contributed by atoms with van der Waals surface area (Å²) >= 11 is 4.93. The topological polar surface area (TPSA) is 4.93 Å². The highest BCUT2D eigenvalue weighted by atomic mass is 127. The molecule has 0 saturated carbocycles. The molecule has 3 aromatic carbocycles. The second-order valence-electron chi connectivity index (χ2n) is 5.27. The molecule has 1 aromatic heterocycles. The van der Waals surface area contributed by atoms with Gasteiger partial charge < -0.3 is 4.57 Å². The molecule has 0 radical (unpaired) electrons. The van der Waals surface area contributed by atoms with Gasteiger partial charge in [-0.15, -0.1) is 44.7 Å². The molecule has 0 saturated heterocycles. The van der Waals surface area contributed by atoms with Crippen LogP contribution in [0.5, 0.6) is 0 Å². The van der Waals surface area contributed by atoms with E-state index in [9.17, 15) is 0 Å². The third-order valence-electron chi connectivity index (χ3n) is 3.96. The Morgan fingerprint density at radius 1 is 0.682 bits per heavy atom. The largest absolute Gasteiger partial charge is 0.320 e. The SMILES string of the molecule is IB(I)c1ccc2c3ccccc3n(-c3ccccc3)c2c1. The van der Waals surface area contributed by atoms with Gasteiger partial charge in [-0.1, -0.05) is 54.0 Å². The number of benzene rings is 3. The summed E-state index contributed by atoms with van der Waals surface area (Å²) in [5, 5.41) is 2.63. The van der Waals surface area contributed by atoms with E-state index in [0.717, 1.165) is 0 Å². The zero-order chi connectivity index (χ0) is 15.1. The number of nitrogens with zero attached hydrogens (tertiary/aromatic N) is 1. The van der Waals surface area contributed by atoms with Gasteiger partial charge in [0.25, 0.3) is 0 Å². The molecule has 22 heavy (non-hydrogen) atoms. The van der Waals surface area contributed by atoms with Gasteiger partial charge in [0.2, 0.25) is 0 Å². The summed E-state index contributed by atoms with van der Waals surface area (Å²) in [6.45, 7) is 0. The van der Waals surface area contributed by atoms with Crippen LogP contribution in [0.1, 0.15) is 0 Å². The Hall–Kier alpha value is -1.02. The molecule has 0 aliphatic heterocycles. The maximum Gasteiger partial charge on any atom is 0.320 e. The van der Waals surface area contributed by atoms with Crippen molar-refractivity contribution < 1.29 is 0 Å². The fraction of sp³-hybridized carbons (Fsp3) is 0. The molecule has 1 heterocycles. The average Bonchev–Trinajstić information content (AvgIpc) is 2.89. The summed E-state index contributed by atoms with van der Waals surface area (Å²) in [7, 11) is 0. The second-order valence-corrected chi connectivity index (χ2v) is 10.1. The first kappa shape index (κ1) is 14.6. The van der Waals surface area contributed by atoms with Crippen molar-refractivity contribution in [3.05, 3.63) is 72.8 Å². The third-order valence-corrected chi connectivity index (χ3v) is 5.40. The number of rotatable bonds is 2. The van der Waals surface area contributed by atoms with Gasteiger partial charge in [-0.05, 0) is 24.3 Å². The van der Waals surface area contributed by atoms with Crippen LogP contribution in [0.25, 0.3) is 27.5 Å². The molecule has 106 valence electrons. The van der Waals surface area contributed by atoms with Crippen molar-refractivity contribution in [2.24, 2.45) is 0 Å².